The molecule has 0 saturated carbocycles. The number of rotatable bonds is 2. The molecule has 1 aromatic rings. The average Bonchev–Trinajstić information content (AvgIpc) is 3.12. The Balaban J connectivity index is 1.53. The molecule has 1 heterocycles. The fourth-order valence-corrected chi connectivity index (χ4v) is 3.44. The molecule has 3 rings (SSSR count). The van der Waals surface area contributed by atoms with E-state index in [4.69, 9.17) is 0 Å². The van der Waals surface area contributed by atoms with Crippen LogP contribution < -0.4 is 5.32 Å². The van der Waals surface area contributed by atoms with Crippen LogP contribution in [0.2, 0.25) is 0 Å². The summed E-state index contributed by atoms with van der Waals surface area (Å²) in [6.07, 6.45) is 2.56. The molecule has 5 nitrogen and oxygen atoms in total. The minimum atomic E-state index is -0.0541. The fourth-order valence-electron chi connectivity index (χ4n) is 3.44. The van der Waals surface area contributed by atoms with Crippen molar-refractivity contribution in [2.75, 3.05) is 27.2 Å². The van der Waals surface area contributed by atoms with Gasteiger partial charge in [-0.2, -0.15) is 0 Å². The second kappa shape index (κ2) is 5.99. The zero-order chi connectivity index (χ0) is 15.7. The Morgan fingerprint density at radius 2 is 1.82 bits per heavy atom. The van der Waals surface area contributed by atoms with Gasteiger partial charge in [0.2, 0.25) is 5.91 Å². The predicted octanol–water partition coefficient (Wildman–Crippen LogP) is 1.27. The molecule has 1 unspecified atom stereocenters. The molecule has 1 saturated heterocycles. The van der Waals surface area contributed by atoms with Gasteiger partial charge in [-0.15, -0.1) is 0 Å². The number of likely N-dealkylation sites (tertiary alicyclic amines) is 1. The molecule has 118 valence electrons. The van der Waals surface area contributed by atoms with E-state index in [-0.39, 0.29) is 23.9 Å². The van der Waals surface area contributed by atoms with Crippen LogP contribution in [0.15, 0.2) is 24.3 Å². The third kappa shape index (κ3) is 2.93. The van der Waals surface area contributed by atoms with Crippen molar-refractivity contribution in [1.29, 1.82) is 0 Å². The van der Waals surface area contributed by atoms with Crippen LogP contribution in [0.4, 0.5) is 4.79 Å². The van der Waals surface area contributed by atoms with E-state index >= 15 is 0 Å². The van der Waals surface area contributed by atoms with Crippen LogP contribution >= 0.6 is 0 Å². The zero-order valence-corrected chi connectivity index (χ0v) is 13.2. The van der Waals surface area contributed by atoms with Gasteiger partial charge in [-0.3, -0.25) is 4.79 Å². The van der Waals surface area contributed by atoms with Crippen molar-refractivity contribution < 1.29 is 9.59 Å². The molecule has 1 aliphatic carbocycles. The SMILES string of the molecule is CN(C)C(=O)C1CCN(C(=O)NC2Cc3ccccc3C2)C1. The molecular formula is C17H23N3O2. The molecule has 0 bridgehead atoms. The van der Waals surface area contributed by atoms with E-state index < -0.39 is 0 Å². The van der Waals surface area contributed by atoms with Crippen molar-refractivity contribution in [2.24, 2.45) is 5.92 Å². The maximum absolute atomic E-state index is 12.4. The summed E-state index contributed by atoms with van der Waals surface area (Å²) in [7, 11) is 3.53. The monoisotopic (exact) mass is 301 g/mol. The molecule has 1 aromatic carbocycles. The molecule has 1 N–H and O–H groups in total. The van der Waals surface area contributed by atoms with Crippen LogP contribution in [0.1, 0.15) is 17.5 Å². The van der Waals surface area contributed by atoms with Gasteiger partial charge < -0.3 is 15.1 Å². The van der Waals surface area contributed by atoms with Gasteiger partial charge in [0.15, 0.2) is 0 Å². The van der Waals surface area contributed by atoms with Crippen LogP contribution in [0.25, 0.3) is 0 Å². The Labute approximate surface area is 131 Å². The molecule has 0 radical (unpaired) electrons. The average molecular weight is 301 g/mol. The smallest absolute Gasteiger partial charge is 0.317 e. The highest BCUT2D eigenvalue weighted by Crippen LogP contribution is 2.23. The van der Waals surface area contributed by atoms with Crippen LogP contribution in [0, 0.1) is 5.92 Å². The first-order valence-electron chi connectivity index (χ1n) is 7.88. The van der Waals surface area contributed by atoms with Crippen molar-refractivity contribution >= 4 is 11.9 Å². The molecule has 5 heteroatoms. The second-order valence-corrected chi connectivity index (χ2v) is 6.49. The van der Waals surface area contributed by atoms with Crippen molar-refractivity contribution in [3.05, 3.63) is 35.4 Å². The van der Waals surface area contributed by atoms with Gasteiger partial charge in [0, 0.05) is 33.2 Å². The van der Waals surface area contributed by atoms with Crippen molar-refractivity contribution in [3.8, 4) is 0 Å². The summed E-state index contributed by atoms with van der Waals surface area (Å²) in [5.74, 6) is 0.0603. The summed E-state index contributed by atoms with van der Waals surface area (Å²) < 4.78 is 0. The number of nitrogens with one attached hydrogen (secondary N) is 1. The molecule has 22 heavy (non-hydrogen) atoms. The maximum atomic E-state index is 12.4. The topological polar surface area (TPSA) is 52.7 Å². The van der Waals surface area contributed by atoms with E-state index in [9.17, 15) is 9.59 Å². The number of amides is 3. The number of hydrogen-bond donors (Lipinski definition) is 1. The van der Waals surface area contributed by atoms with Gasteiger partial charge in [-0.1, -0.05) is 24.3 Å². The number of urea groups is 1. The number of nitrogens with zero attached hydrogens (tertiary/aromatic N) is 2. The Morgan fingerprint density at radius 3 is 2.41 bits per heavy atom. The van der Waals surface area contributed by atoms with E-state index in [1.807, 2.05) is 12.1 Å². The largest absolute Gasteiger partial charge is 0.349 e. The normalized spacial score (nSPS) is 20.8. The molecule has 3 amide bonds. The highest BCUT2D eigenvalue weighted by atomic mass is 16.2. The van der Waals surface area contributed by atoms with Gasteiger partial charge >= 0.3 is 6.03 Å². The number of benzene rings is 1. The third-order valence-corrected chi connectivity index (χ3v) is 4.64. The summed E-state index contributed by atoms with van der Waals surface area (Å²) in [5.41, 5.74) is 2.66. The predicted molar refractivity (Wildman–Crippen MR) is 84.5 cm³/mol. The fraction of sp³-hybridized carbons (Fsp3) is 0.529. The minimum absolute atomic E-state index is 0.0353. The lowest BCUT2D eigenvalue weighted by atomic mass is 10.1. The van der Waals surface area contributed by atoms with Gasteiger partial charge in [0.05, 0.1) is 5.92 Å². The van der Waals surface area contributed by atoms with Crippen LogP contribution in [0.3, 0.4) is 0 Å². The summed E-state index contributed by atoms with van der Waals surface area (Å²) in [4.78, 5) is 27.7. The van der Waals surface area contributed by atoms with Gasteiger partial charge in [0.1, 0.15) is 0 Å². The van der Waals surface area contributed by atoms with E-state index in [0.717, 1.165) is 19.3 Å². The third-order valence-electron chi connectivity index (χ3n) is 4.64. The first-order valence-corrected chi connectivity index (χ1v) is 7.88. The van der Waals surface area contributed by atoms with Crippen LogP contribution in [-0.2, 0) is 17.6 Å². The molecule has 0 aromatic heterocycles. The number of hydrogen-bond acceptors (Lipinski definition) is 2. The number of carbonyl (C=O) groups is 2. The lowest BCUT2D eigenvalue weighted by Gasteiger charge is -2.21. The first kappa shape index (κ1) is 14.9. The lowest BCUT2D eigenvalue weighted by molar-refractivity contribution is -0.132. The Morgan fingerprint density at radius 1 is 1.18 bits per heavy atom. The molecular weight excluding hydrogens is 278 g/mol. The standard InChI is InChI=1S/C17H23N3O2/c1-19(2)16(21)14-7-8-20(11-14)17(22)18-15-9-12-5-3-4-6-13(12)10-15/h3-6,14-15H,7-11H2,1-2H3,(H,18,22). The minimum Gasteiger partial charge on any atom is -0.349 e. The summed E-state index contributed by atoms with van der Waals surface area (Å²) in [6, 6.07) is 8.48. The van der Waals surface area contributed by atoms with Crippen LogP contribution in [-0.4, -0.2) is 55.0 Å². The van der Waals surface area contributed by atoms with Crippen molar-refractivity contribution in [3.63, 3.8) is 0 Å². The second-order valence-electron chi connectivity index (χ2n) is 6.49. The van der Waals surface area contributed by atoms with E-state index in [0.29, 0.717) is 13.1 Å². The maximum Gasteiger partial charge on any atom is 0.317 e. The molecule has 1 fully saturated rings. The number of fused-ring (bicyclic) bond motifs is 1. The molecule has 1 aliphatic heterocycles. The Bertz CT molecular complexity index is 560. The lowest BCUT2D eigenvalue weighted by Crippen LogP contribution is -2.44. The number of carbonyl (C=O) groups excluding carboxylic acids is 2. The van der Waals surface area contributed by atoms with Gasteiger partial charge in [0.25, 0.3) is 0 Å². The molecule has 1 atom stereocenters. The van der Waals surface area contributed by atoms with Gasteiger partial charge in [-0.25, -0.2) is 4.79 Å². The molecule has 2 aliphatic rings. The van der Waals surface area contributed by atoms with Crippen molar-refractivity contribution in [2.45, 2.75) is 25.3 Å². The van der Waals surface area contributed by atoms with Gasteiger partial charge in [-0.05, 0) is 30.4 Å². The quantitative estimate of drug-likeness (QED) is 0.894. The summed E-state index contributed by atoms with van der Waals surface area (Å²) >= 11 is 0. The van der Waals surface area contributed by atoms with E-state index in [2.05, 4.69) is 17.4 Å². The first-order chi connectivity index (χ1) is 10.5. The Kier molecular flexibility index (Phi) is 4.05. The van der Waals surface area contributed by atoms with Crippen molar-refractivity contribution in [1.82, 2.24) is 15.1 Å². The van der Waals surface area contributed by atoms with Crippen LogP contribution in [0.5, 0.6) is 0 Å². The highest BCUT2D eigenvalue weighted by molar-refractivity contribution is 5.81. The Hall–Kier alpha value is -2.04. The summed E-state index contributed by atoms with van der Waals surface area (Å²) in [6.45, 7) is 1.19. The summed E-state index contributed by atoms with van der Waals surface area (Å²) in [5, 5.41) is 3.12. The highest BCUT2D eigenvalue weighted by Gasteiger charge is 2.33. The zero-order valence-electron chi connectivity index (χ0n) is 13.2. The van der Waals surface area contributed by atoms with E-state index in [1.54, 1.807) is 23.9 Å². The molecule has 0 spiro atoms. The van der Waals surface area contributed by atoms with E-state index in [1.165, 1.54) is 11.1 Å².